The Hall–Kier alpha value is -3.32. The number of nitrogens with one attached hydrogen (secondary N) is 2. The van der Waals surface area contributed by atoms with Crippen LogP contribution in [0, 0.1) is 25.2 Å². The Morgan fingerprint density at radius 3 is 2.73 bits per heavy atom. The number of rotatable bonds is 4. The normalized spacial score (nSPS) is 11.4. The molecule has 0 saturated heterocycles. The summed E-state index contributed by atoms with van der Waals surface area (Å²) < 4.78 is 0. The highest BCUT2D eigenvalue weighted by Crippen LogP contribution is 2.24. The van der Waals surface area contributed by atoms with E-state index in [1.165, 1.54) is 5.56 Å². The molecule has 0 atom stereocenters. The molecule has 0 aliphatic carbocycles. The molecule has 3 rings (SSSR count). The zero-order valence-corrected chi connectivity index (χ0v) is 15.2. The molecular weight excluding hydrogens is 322 g/mol. The fourth-order valence-electron chi connectivity index (χ4n) is 2.97. The van der Waals surface area contributed by atoms with Crippen LogP contribution in [0.2, 0.25) is 0 Å². The number of fused-ring (bicyclic) bond motifs is 1. The number of carbonyl (C=O) groups is 1. The predicted octanol–water partition coefficient (Wildman–Crippen LogP) is 4.89. The summed E-state index contributed by atoms with van der Waals surface area (Å²) in [5.41, 5.74) is 6.10. The minimum atomic E-state index is -0.406. The lowest BCUT2D eigenvalue weighted by Crippen LogP contribution is -2.13. The van der Waals surface area contributed by atoms with Crippen LogP contribution in [0.1, 0.15) is 29.2 Å². The third kappa shape index (κ3) is 3.38. The Kier molecular flexibility index (Phi) is 4.90. The molecule has 0 fully saturated rings. The molecule has 0 aliphatic heterocycles. The highest BCUT2D eigenvalue weighted by atomic mass is 16.1. The quantitative estimate of drug-likeness (QED) is 0.523. The number of aryl methyl sites for hydroxylation is 3. The molecule has 1 aromatic heterocycles. The number of carbonyl (C=O) groups excluding carboxylic acids is 1. The molecule has 1 heterocycles. The van der Waals surface area contributed by atoms with Crippen LogP contribution in [0.3, 0.4) is 0 Å². The van der Waals surface area contributed by atoms with Gasteiger partial charge in [-0.15, -0.1) is 0 Å². The lowest BCUT2D eigenvalue weighted by atomic mass is 10.1. The van der Waals surface area contributed by atoms with E-state index < -0.39 is 5.91 Å². The lowest BCUT2D eigenvalue weighted by Gasteiger charge is -2.07. The summed E-state index contributed by atoms with van der Waals surface area (Å²) in [6, 6.07) is 13.8. The third-order valence-electron chi connectivity index (χ3n) is 4.64. The van der Waals surface area contributed by atoms with Gasteiger partial charge in [-0.3, -0.25) is 4.79 Å². The molecule has 0 saturated carbocycles. The van der Waals surface area contributed by atoms with Crippen LogP contribution in [0.25, 0.3) is 17.0 Å². The van der Waals surface area contributed by atoms with Gasteiger partial charge in [0, 0.05) is 28.4 Å². The van der Waals surface area contributed by atoms with E-state index in [1.807, 2.05) is 56.4 Å². The van der Waals surface area contributed by atoms with Crippen LogP contribution < -0.4 is 5.32 Å². The van der Waals surface area contributed by atoms with Crippen molar-refractivity contribution in [3.05, 3.63) is 70.4 Å². The molecule has 2 aromatic carbocycles. The van der Waals surface area contributed by atoms with E-state index in [-0.39, 0.29) is 5.57 Å². The SMILES string of the molecule is CCc1cccc2c(/C=C(\C#N)C(=O)Nc3ccc(C)c(C)c3)c[nH]c12. The van der Waals surface area contributed by atoms with Crippen molar-refractivity contribution in [2.45, 2.75) is 27.2 Å². The maximum absolute atomic E-state index is 12.5. The van der Waals surface area contributed by atoms with E-state index in [0.717, 1.165) is 34.0 Å². The van der Waals surface area contributed by atoms with Gasteiger partial charge in [0.25, 0.3) is 5.91 Å². The number of nitrogens with zero attached hydrogens (tertiary/aromatic N) is 1. The molecule has 26 heavy (non-hydrogen) atoms. The first-order chi connectivity index (χ1) is 12.5. The fourth-order valence-corrected chi connectivity index (χ4v) is 2.97. The number of hydrogen-bond donors (Lipinski definition) is 2. The molecule has 4 heteroatoms. The van der Waals surface area contributed by atoms with E-state index in [4.69, 9.17) is 0 Å². The Morgan fingerprint density at radius 1 is 1.23 bits per heavy atom. The van der Waals surface area contributed by atoms with Gasteiger partial charge in [-0.1, -0.05) is 31.2 Å². The summed E-state index contributed by atoms with van der Waals surface area (Å²) >= 11 is 0. The summed E-state index contributed by atoms with van der Waals surface area (Å²) in [6.07, 6.45) is 4.39. The molecule has 130 valence electrons. The topological polar surface area (TPSA) is 68.7 Å². The second-order valence-corrected chi connectivity index (χ2v) is 6.36. The van der Waals surface area contributed by atoms with Crippen LogP contribution >= 0.6 is 0 Å². The van der Waals surface area contributed by atoms with Crippen molar-refractivity contribution in [1.82, 2.24) is 4.98 Å². The summed E-state index contributed by atoms with van der Waals surface area (Å²) in [7, 11) is 0. The van der Waals surface area contributed by atoms with E-state index >= 15 is 0 Å². The van der Waals surface area contributed by atoms with E-state index in [9.17, 15) is 10.1 Å². The van der Waals surface area contributed by atoms with Gasteiger partial charge < -0.3 is 10.3 Å². The molecule has 0 spiro atoms. The van der Waals surface area contributed by atoms with Crippen molar-refractivity contribution in [3.63, 3.8) is 0 Å². The number of aromatic nitrogens is 1. The van der Waals surface area contributed by atoms with Crippen molar-refractivity contribution in [3.8, 4) is 6.07 Å². The number of H-pyrrole nitrogens is 1. The second kappa shape index (κ2) is 7.28. The number of aromatic amines is 1. The van der Waals surface area contributed by atoms with Gasteiger partial charge >= 0.3 is 0 Å². The van der Waals surface area contributed by atoms with Crippen molar-refractivity contribution >= 4 is 28.6 Å². The van der Waals surface area contributed by atoms with E-state index in [2.05, 4.69) is 23.3 Å². The average molecular weight is 343 g/mol. The first-order valence-corrected chi connectivity index (χ1v) is 8.63. The standard InChI is InChI=1S/C22H21N3O/c1-4-16-6-5-7-20-18(13-24-21(16)20)11-17(12-23)22(26)25-19-9-8-14(2)15(3)10-19/h5-11,13,24H,4H2,1-3H3,(H,25,26)/b17-11+. The maximum atomic E-state index is 12.5. The minimum absolute atomic E-state index is 0.0750. The molecule has 2 N–H and O–H groups in total. The van der Waals surface area contributed by atoms with Gasteiger partial charge in [0.1, 0.15) is 11.6 Å². The Balaban J connectivity index is 1.92. The van der Waals surface area contributed by atoms with Crippen molar-refractivity contribution in [2.24, 2.45) is 0 Å². The Morgan fingerprint density at radius 2 is 2.04 bits per heavy atom. The number of anilines is 1. The Labute approximate surface area is 153 Å². The molecular formula is C22H21N3O. The fraction of sp³-hybridized carbons (Fsp3) is 0.182. The zero-order chi connectivity index (χ0) is 18.7. The van der Waals surface area contributed by atoms with Crippen LogP contribution in [0.4, 0.5) is 5.69 Å². The molecule has 0 bridgehead atoms. The van der Waals surface area contributed by atoms with Gasteiger partial charge in [0.15, 0.2) is 0 Å². The van der Waals surface area contributed by atoms with E-state index in [0.29, 0.717) is 5.69 Å². The summed E-state index contributed by atoms with van der Waals surface area (Å²) in [5.74, 6) is -0.406. The number of nitriles is 1. The smallest absolute Gasteiger partial charge is 0.266 e. The van der Waals surface area contributed by atoms with Gasteiger partial charge in [-0.2, -0.15) is 5.26 Å². The molecule has 0 radical (unpaired) electrons. The zero-order valence-electron chi connectivity index (χ0n) is 15.2. The molecule has 4 nitrogen and oxygen atoms in total. The first-order valence-electron chi connectivity index (χ1n) is 8.63. The predicted molar refractivity (Wildman–Crippen MR) is 106 cm³/mol. The van der Waals surface area contributed by atoms with Crippen LogP contribution in [-0.2, 0) is 11.2 Å². The van der Waals surface area contributed by atoms with Crippen molar-refractivity contribution < 1.29 is 4.79 Å². The van der Waals surface area contributed by atoms with Crippen molar-refractivity contribution in [1.29, 1.82) is 5.26 Å². The van der Waals surface area contributed by atoms with E-state index in [1.54, 1.807) is 6.08 Å². The van der Waals surface area contributed by atoms with Gasteiger partial charge in [0.2, 0.25) is 0 Å². The van der Waals surface area contributed by atoms with Gasteiger partial charge in [-0.05, 0) is 55.2 Å². The molecule has 0 aliphatic rings. The highest BCUT2D eigenvalue weighted by Gasteiger charge is 2.12. The van der Waals surface area contributed by atoms with Gasteiger partial charge in [0.05, 0.1) is 0 Å². The summed E-state index contributed by atoms with van der Waals surface area (Å²) in [6.45, 7) is 6.11. The summed E-state index contributed by atoms with van der Waals surface area (Å²) in [4.78, 5) is 15.8. The minimum Gasteiger partial charge on any atom is -0.360 e. The maximum Gasteiger partial charge on any atom is 0.266 e. The number of benzene rings is 2. The monoisotopic (exact) mass is 343 g/mol. The number of hydrogen-bond acceptors (Lipinski definition) is 2. The highest BCUT2D eigenvalue weighted by molar-refractivity contribution is 6.10. The van der Waals surface area contributed by atoms with Crippen LogP contribution in [0.5, 0.6) is 0 Å². The molecule has 3 aromatic rings. The average Bonchev–Trinajstić information content (AvgIpc) is 3.05. The summed E-state index contributed by atoms with van der Waals surface area (Å²) in [5, 5.41) is 13.3. The molecule has 1 amide bonds. The Bertz CT molecular complexity index is 1050. The second-order valence-electron chi connectivity index (χ2n) is 6.36. The molecule has 0 unspecified atom stereocenters. The number of para-hydroxylation sites is 1. The lowest BCUT2D eigenvalue weighted by molar-refractivity contribution is -0.112. The largest absolute Gasteiger partial charge is 0.360 e. The number of amides is 1. The van der Waals surface area contributed by atoms with Gasteiger partial charge in [-0.25, -0.2) is 0 Å². The van der Waals surface area contributed by atoms with Crippen LogP contribution in [-0.4, -0.2) is 10.9 Å². The first kappa shape index (κ1) is 17.5. The van der Waals surface area contributed by atoms with Crippen LogP contribution in [0.15, 0.2) is 48.2 Å². The van der Waals surface area contributed by atoms with Crippen molar-refractivity contribution in [2.75, 3.05) is 5.32 Å². The third-order valence-corrected chi connectivity index (χ3v) is 4.64.